The second kappa shape index (κ2) is 3.44. The van der Waals surface area contributed by atoms with Gasteiger partial charge in [-0.15, -0.1) is 0 Å². The molecule has 12 heavy (non-hydrogen) atoms. The van der Waals surface area contributed by atoms with Crippen molar-refractivity contribution in [3.05, 3.63) is 6.54 Å². The van der Waals surface area contributed by atoms with Crippen molar-refractivity contribution >= 4 is 5.97 Å². The first-order valence-corrected chi connectivity index (χ1v) is 4.29. The van der Waals surface area contributed by atoms with Gasteiger partial charge in [-0.25, -0.2) is 0 Å². The maximum Gasteiger partial charge on any atom is 0.326 e. The third kappa shape index (κ3) is 3.22. The van der Waals surface area contributed by atoms with Crippen LogP contribution >= 0.6 is 0 Å². The Bertz CT molecular complexity index is 168. The number of nitrogens with zero attached hydrogens (tertiary/aromatic N) is 1. The molecule has 0 unspecified atom stereocenters. The Labute approximate surface area is 73.7 Å². The zero-order valence-electron chi connectivity index (χ0n) is 7.96. The zero-order valence-corrected chi connectivity index (χ0v) is 7.96. The number of carbonyl (C=O) groups is 1. The predicted molar refractivity (Wildman–Crippen MR) is 46.3 cm³/mol. The first-order valence-electron chi connectivity index (χ1n) is 4.29. The lowest BCUT2D eigenvalue weighted by atomic mass is 10.2. The number of hydrogen-bond acceptors (Lipinski definition) is 3. The van der Waals surface area contributed by atoms with Crippen LogP contribution in [0.2, 0.25) is 0 Å². The topological polar surface area (TPSA) is 29.5 Å². The highest BCUT2D eigenvalue weighted by molar-refractivity contribution is 5.78. The summed E-state index contributed by atoms with van der Waals surface area (Å²) in [6.45, 7) is 9.13. The van der Waals surface area contributed by atoms with Crippen LogP contribution in [0.25, 0.3) is 0 Å². The number of hydrogen-bond donors (Lipinski definition) is 0. The van der Waals surface area contributed by atoms with E-state index in [-0.39, 0.29) is 11.6 Å². The summed E-state index contributed by atoms with van der Waals surface area (Å²) in [5.74, 6) is -0.234. The average Bonchev–Trinajstić information content (AvgIpc) is 1.74. The summed E-state index contributed by atoms with van der Waals surface area (Å²) < 4.78 is 5.11. The monoisotopic (exact) mass is 170 g/mol. The Kier molecular flexibility index (Phi) is 2.73. The van der Waals surface area contributed by atoms with Gasteiger partial charge in [-0.3, -0.25) is 9.69 Å². The summed E-state index contributed by atoms with van der Waals surface area (Å²) in [7, 11) is 0. The molecular formula is C9H16NO2. The van der Waals surface area contributed by atoms with E-state index in [4.69, 9.17) is 4.74 Å². The van der Waals surface area contributed by atoms with Gasteiger partial charge in [-0.05, 0) is 27.2 Å². The lowest BCUT2D eigenvalue weighted by Gasteiger charge is -2.30. The van der Waals surface area contributed by atoms with Gasteiger partial charge in [0, 0.05) is 13.1 Å². The Morgan fingerprint density at radius 1 is 1.42 bits per heavy atom. The van der Waals surface area contributed by atoms with Crippen LogP contribution in [0, 0.1) is 6.54 Å². The molecule has 1 aliphatic rings. The Morgan fingerprint density at radius 3 is 2.33 bits per heavy atom. The van der Waals surface area contributed by atoms with Crippen molar-refractivity contribution in [3.63, 3.8) is 0 Å². The molecular weight excluding hydrogens is 154 g/mol. The van der Waals surface area contributed by atoms with E-state index < -0.39 is 0 Å². The maximum absolute atomic E-state index is 11.1. The van der Waals surface area contributed by atoms with E-state index in [1.165, 1.54) is 6.42 Å². The number of likely N-dealkylation sites (tertiary alicyclic amines) is 1. The van der Waals surface area contributed by atoms with Crippen molar-refractivity contribution in [1.82, 2.24) is 4.90 Å². The van der Waals surface area contributed by atoms with Crippen LogP contribution in [0.3, 0.4) is 0 Å². The largest absolute Gasteiger partial charge is 0.459 e. The number of ether oxygens (including phenoxy) is 1. The van der Waals surface area contributed by atoms with E-state index in [1.807, 2.05) is 25.7 Å². The fraction of sp³-hybridized carbons (Fsp3) is 0.778. The van der Waals surface area contributed by atoms with Crippen LogP contribution in [-0.2, 0) is 9.53 Å². The summed E-state index contributed by atoms with van der Waals surface area (Å²) in [4.78, 5) is 13.1. The standard InChI is InChI=1S/C9H16NO2/c1-9(2,3)12-8(11)7-10-5-4-6-10/h7H,4-6H2,1-3H3. The van der Waals surface area contributed by atoms with Crippen LogP contribution in [0.1, 0.15) is 27.2 Å². The third-order valence-corrected chi connectivity index (χ3v) is 1.59. The molecule has 0 aliphatic carbocycles. The predicted octanol–water partition coefficient (Wildman–Crippen LogP) is 1.20. The molecule has 0 atom stereocenters. The number of esters is 1. The molecule has 3 nitrogen and oxygen atoms in total. The minimum atomic E-state index is -0.377. The highest BCUT2D eigenvalue weighted by Gasteiger charge is 2.22. The molecule has 69 valence electrons. The molecule has 0 amide bonds. The molecule has 1 saturated heterocycles. The van der Waals surface area contributed by atoms with Crippen molar-refractivity contribution in [2.45, 2.75) is 32.8 Å². The van der Waals surface area contributed by atoms with Gasteiger partial charge in [0.2, 0.25) is 0 Å². The lowest BCUT2D eigenvalue weighted by Crippen LogP contribution is -2.39. The molecule has 1 fully saturated rings. The van der Waals surface area contributed by atoms with Gasteiger partial charge in [0.1, 0.15) is 12.1 Å². The van der Waals surface area contributed by atoms with Crippen molar-refractivity contribution in [2.24, 2.45) is 0 Å². The van der Waals surface area contributed by atoms with Gasteiger partial charge in [0.15, 0.2) is 0 Å². The Morgan fingerprint density at radius 2 is 2.00 bits per heavy atom. The molecule has 0 aromatic heterocycles. The molecule has 1 aliphatic heterocycles. The van der Waals surface area contributed by atoms with Crippen molar-refractivity contribution in [1.29, 1.82) is 0 Å². The summed E-state index contributed by atoms with van der Waals surface area (Å²) in [5, 5.41) is 0. The Hall–Kier alpha value is -0.570. The highest BCUT2D eigenvalue weighted by atomic mass is 16.6. The second-order valence-corrected chi connectivity index (χ2v) is 4.05. The Balaban J connectivity index is 2.19. The highest BCUT2D eigenvalue weighted by Crippen LogP contribution is 2.12. The molecule has 0 spiro atoms. The molecule has 0 saturated carbocycles. The second-order valence-electron chi connectivity index (χ2n) is 4.05. The first-order chi connectivity index (χ1) is 5.47. The molecule has 0 N–H and O–H groups in total. The number of carbonyl (C=O) groups excluding carboxylic acids is 1. The van der Waals surface area contributed by atoms with Gasteiger partial charge >= 0.3 is 5.97 Å². The van der Waals surface area contributed by atoms with Gasteiger partial charge in [0.25, 0.3) is 0 Å². The quantitative estimate of drug-likeness (QED) is 0.583. The van der Waals surface area contributed by atoms with E-state index in [9.17, 15) is 4.79 Å². The first kappa shape index (κ1) is 9.52. The van der Waals surface area contributed by atoms with Crippen molar-refractivity contribution < 1.29 is 9.53 Å². The van der Waals surface area contributed by atoms with Gasteiger partial charge in [-0.1, -0.05) is 0 Å². The SMILES string of the molecule is CC(C)(C)OC(=O)[CH]N1CCC1. The molecule has 1 heterocycles. The van der Waals surface area contributed by atoms with E-state index in [0.29, 0.717) is 0 Å². The van der Waals surface area contributed by atoms with Crippen LogP contribution in [0.15, 0.2) is 0 Å². The van der Waals surface area contributed by atoms with Gasteiger partial charge in [0.05, 0.1) is 0 Å². The normalized spacial score (nSPS) is 18.6. The van der Waals surface area contributed by atoms with E-state index in [2.05, 4.69) is 0 Å². The van der Waals surface area contributed by atoms with E-state index in [0.717, 1.165) is 13.1 Å². The summed E-state index contributed by atoms with van der Waals surface area (Å²) in [6, 6.07) is 0. The molecule has 0 bridgehead atoms. The van der Waals surface area contributed by atoms with E-state index >= 15 is 0 Å². The zero-order chi connectivity index (χ0) is 9.19. The summed E-state index contributed by atoms with van der Waals surface area (Å²) >= 11 is 0. The van der Waals surface area contributed by atoms with Gasteiger partial charge in [-0.2, -0.15) is 0 Å². The fourth-order valence-corrected chi connectivity index (χ4v) is 0.947. The van der Waals surface area contributed by atoms with Crippen LogP contribution < -0.4 is 0 Å². The minimum Gasteiger partial charge on any atom is -0.459 e. The third-order valence-electron chi connectivity index (χ3n) is 1.59. The van der Waals surface area contributed by atoms with Crippen molar-refractivity contribution in [3.8, 4) is 0 Å². The molecule has 1 rings (SSSR count). The fourth-order valence-electron chi connectivity index (χ4n) is 0.947. The molecule has 0 aromatic carbocycles. The average molecular weight is 170 g/mol. The smallest absolute Gasteiger partial charge is 0.326 e. The summed E-state index contributed by atoms with van der Waals surface area (Å²) in [5.41, 5.74) is -0.377. The number of rotatable bonds is 2. The van der Waals surface area contributed by atoms with Crippen LogP contribution in [0.5, 0.6) is 0 Å². The molecule has 3 heteroatoms. The van der Waals surface area contributed by atoms with Crippen LogP contribution in [0.4, 0.5) is 0 Å². The van der Waals surface area contributed by atoms with E-state index in [1.54, 1.807) is 6.54 Å². The minimum absolute atomic E-state index is 0.234. The van der Waals surface area contributed by atoms with Crippen LogP contribution in [-0.4, -0.2) is 29.6 Å². The summed E-state index contributed by atoms with van der Waals surface area (Å²) in [6.07, 6.45) is 1.18. The molecule has 1 radical (unpaired) electrons. The maximum atomic E-state index is 11.1. The molecule has 0 aromatic rings. The lowest BCUT2D eigenvalue weighted by molar-refractivity contribution is -0.153. The van der Waals surface area contributed by atoms with Gasteiger partial charge < -0.3 is 4.74 Å². The van der Waals surface area contributed by atoms with Crippen molar-refractivity contribution in [2.75, 3.05) is 13.1 Å².